The molecule has 2 rings (SSSR count). The van der Waals surface area contributed by atoms with E-state index in [4.69, 9.17) is 0 Å². The Kier molecular flexibility index (Phi) is 3.71. The van der Waals surface area contributed by atoms with Crippen molar-refractivity contribution in [2.45, 2.75) is 0 Å². The quantitative estimate of drug-likeness (QED) is 0.255. The summed E-state index contributed by atoms with van der Waals surface area (Å²) in [7, 11) is 0. The lowest BCUT2D eigenvalue weighted by molar-refractivity contribution is 0.104. The van der Waals surface area contributed by atoms with Gasteiger partial charge >= 0.3 is 0 Å². The van der Waals surface area contributed by atoms with Crippen LogP contribution in [-0.4, -0.2) is 31.3 Å². The number of aromatic hydroxyl groups is 5. The van der Waals surface area contributed by atoms with Gasteiger partial charge in [-0.25, -0.2) is 0 Å². The second-order valence-electron chi connectivity index (χ2n) is 4.23. The second-order valence-corrected chi connectivity index (χ2v) is 4.23. The Hall–Kier alpha value is -3.15. The van der Waals surface area contributed by atoms with E-state index in [2.05, 4.69) is 0 Å². The van der Waals surface area contributed by atoms with Crippen LogP contribution in [0.25, 0.3) is 6.08 Å². The van der Waals surface area contributed by atoms with Gasteiger partial charge in [0.2, 0.25) is 17.2 Å². The summed E-state index contributed by atoms with van der Waals surface area (Å²) >= 11 is 0. The first-order valence-electron chi connectivity index (χ1n) is 5.89. The monoisotopic (exact) mass is 288 g/mol. The third-order valence-corrected chi connectivity index (χ3v) is 2.84. The van der Waals surface area contributed by atoms with Crippen LogP contribution >= 0.6 is 0 Å². The molecule has 0 bridgehead atoms. The molecule has 2 aromatic carbocycles. The van der Waals surface area contributed by atoms with Crippen molar-refractivity contribution in [1.29, 1.82) is 0 Å². The van der Waals surface area contributed by atoms with Gasteiger partial charge in [-0.3, -0.25) is 4.79 Å². The summed E-state index contributed by atoms with van der Waals surface area (Å²) in [6, 6.07) is 8.78. The molecule has 6 heteroatoms. The van der Waals surface area contributed by atoms with Crippen LogP contribution in [0.5, 0.6) is 28.7 Å². The Bertz CT molecular complexity index is 690. The summed E-state index contributed by atoms with van der Waals surface area (Å²) in [5, 5.41) is 47.2. The van der Waals surface area contributed by atoms with Gasteiger partial charge in [-0.2, -0.15) is 0 Å². The number of carbonyl (C=O) groups is 1. The van der Waals surface area contributed by atoms with E-state index in [1.165, 1.54) is 6.08 Å². The van der Waals surface area contributed by atoms with Crippen molar-refractivity contribution in [2.24, 2.45) is 0 Å². The highest BCUT2D eigenvalue weighted by molar-refractivity contribution is 6.11. The molecule has 108 valence electrons. The molecule has 21 heavy (non-hydrogen) atoms. The first kappa shape index (κ1) is 14.3. The van der Waals surface area contributed by atoms with E-state index in [1.807, 2.05) is 0 Å². The van der Waals surface area contributed by atoms with Crippen LogP contribution in [-0.2, 0) is 0 Å². The Labute approximate surface area is 119 Å². The Morgan fingerprint density at radius 1 is 0.762 bits per heavy atom. The molecule has 0 atom stereocenters. The fraction of sp³-hybridized carbons (Fsp3) is 0. The predicted molar refractivity (Wildman–Crippen MR) is 74.6 cm³/mol. The number of phenolic OH excluding ortho intramolecular Hbond substituents is 5. The number of allylic oxidation sites excluding steroid dienone is 1. The Morgan fingerprint density at radius 2 is 1.24 bits per heavy atom. The maximum atomic E-state index is 12.0. The maximum Gasteiger partial charge on any atom is 0.208 e. The van der Waals surface area contributed by atoms with Crippen molar-refractivity contribution in [3.63, 3.8) is 0 Å². The summed E-state index contributed by atoms with van der Waals surface area (Å²) in [6.07, 6.45) is 2.49. The number of rotatable bonds is 3. The molecule has 0 saturated carbocycles. The number of hydrogen-bond donors (Lipinski definition) is 5. The minimum atomic E-state index is -1.10. The van der Waals surface area contributed by atoms with Gasteiger partial charge in [-0.15, -0.1) is 0 Å². The van der Waals surface area contributed by atoms with Gasteiger partial charge in [0.25, 0.3) is 0 Å². The predicted octanol–water partition coefficient (Wildman–Crippen LogP) is 2.11. The molecule has 0 heterocycles. The molecular formula is C15H12O6. The van der Waals surface area contributed by atoms with Gasteiger partial charge < -0.3 is 25.5 Å². The molecule has 0 aliphatic rings. The van der Waals surface area contributed by atoms with Crippen molar-refractivity contribution in [1.82, 2.24) is 0 Å². The first-order valence-corrected chi connectivity index (χ1v) is 5.89. The van der Waals surface area contributed by atoms with Crippen LogP contribution in [0.1, 0.15) is 15.9 Å². The summed E-state index contributed by atoms with van der Waals surface area (Å²) in [5.41, 5.74) is 0.00651. The van der Waals surface area contributed by atoms with Crippen molar-refractivity contribution in [3.8, 4) is 28.7 Å². The normalized spacial score (nSPS) is 10.9. The van der Waals surface area contributed by atoms with E-state index in [0.717, 1.165) is 6.08 Å². The van der Waals surface area contributed by atoms with E-state index in [9.17, 15) is 30.3 Å². The highest BCUT2D eigenvalue weighted by atomic mass is 16.4. The highest BCUT2D eigenvalue weighted by Gasteiger charge is 2.26. The zero-order chi connectivity index (χ0) is 15.6. The van der Waals surface area contributed by atoms with Crippen LogP contribution in [0.4, 0.5) is 0 Å². The van der Waals surface area contributed by atoms with Crippen molar-refractivity contribution in [3.05, 3.63) is 47.5 Å². The van der Waals surface area contributed by atoms with E-state index in [-0.39, 0.29) is 0 Å². The lowest BCUT2D eigenvalue weighted by Gasteiger charge is -2.09. The summed E-state index contributed by atoms with van der Waals surface area (Å²) in [6.45, 7) is 0. The van der Waals surface area contributed by atoms with Crippen molar-refractivity contribution < 1.29 is 30.3 Å². The molecular weight excluding hydrogens is 276 g/mol. The summed E-state index contributed by atoms with van der Waals surface area (Å²) < 4.78 is 0. The van der Waals surface area contributed by atoms with Gasteiger partial charge in [0.05, 0.1) is 0 Å². The minimum absolute atomic E-state index is 0.699. The Balaban J connectivity index is 2.43. The average molecular weight is 288 g/mol. The van der Waals surface area contributed by atoms with Gasteiger partial charge in [0.1, 0.15) is 5.56 Å². The van der Waals surface area contributed by atoms with Crippen molar-refractivity contribution >= 4 is 11.9 Å². The molecule has 0 aliphatic carbocycles. The van der Waals surface area contributed by atoms with Crippen LogP contribution in [0.2, 0.25) is 0 Å². The second kappa shape index (κ2) is 5.46. The topological polar surface area (TPSA) is 118 Å². The molecule has 5 N–H and O–H groups in total. The number of hydrogen-bond acceptors (Lipinski definition) is 6. The fourth-order valence-corrected chi connectivity index (χ4v) is 1.74. The van der Waals surface area contributed by atoms with Crippen LogP contribution < -0.4 is 0 Å². The van der Waals surface area contributed by atoms with Gasteiger partial charge in [-0.1, -0.05) is 36.4 Å². The molecule has 6 nitrogen and oxygen atoms in total. The molecule has 0 spiro atoms. The SMILES string of the molecule is O=C(/C=C/c1ccccc1)c1c(O)c(O)c(O)c(O)c1O. The number of carbonyl (C=O) groups excluding carboxylic acids is 1. The molecule has 0 radical (unpaired) electrons. The lowest BCUT2D eigenvalue weighted by Crippen LogP contribution is -1.97. The van der Waals surface area contributed by atoms with Gasteiger partial charge in [0, 0.05) is 0 Å². The van der Waals surface area contributed by atoms with Crippen LogP contribution in [0.3, 0.4) is 0 Å². The number of benzene rings is 2. The minimum Gasteiger partial charge on any atom is -0.504 e. The van der Waals surface area contributed by atoms with E-state index in [1.54, 1.807) is 30.3 Å². The zero-order valence-corrected chi connectivity index (χ0v) is 10.7. The van der Waals surface area contributed by atoms with E-state index in [0.29, 0.717) is 5.56 Å². The fourth-order valence-electron chi connectivity index (χ4n) is 1.74. The van der Waals surface area contributed by atoms with E-state index >= 15 is 0 Å². The number of phenols is 5. The largest absolute Gasteiger partial charge is 0.504 e. The maximum absolute atomic E-state index is 12.0. The molecule has 0 unspecified atom stereocenters. The molecule has 0 aliphatic heterocycles. The lowest BCUT2D eigenvalue weighted by atomic mass is 10.0. The van der Waals surface area contributed by atoms with E-state index < -0.39 is 40.1 Å². The molecule has 2 aromatic rings. The van der Waals surface area contributed by atoms with Gasteiger partial charge in [-0.05, 0) is 11.6 Å². The van der Waals surface area contributed by atoms with Crippen molar-refractivity contribution in [2.75, 3.05) is 0 Å². The van der Waals surface area contributed by atoms with Gasteiger partial charge in [0.15, 0.2) is 17.3 Å². The third-order valence-electron chi connectivity index (χ3n) is 2.84. The van der Waals surface area contributed by atoms with Crippen LogP contribution in [0.15, 0.2) is 36.4 Å². The standard InChI is InChI=1S/C15H12O6/c16-9(7-6-8-4-2-1-3-5-8)10-11(17)13(19)15(21)14(20)12(10)18/h1-7,17-21H/b7-6+. The number of ketones is 1. The smallest absolute Gasteiger partial charge is 0.208 e. The Morgan fingerprint density at radius 3 is 1.76 bits per heavy atom. The molecule has 0 amide bonds. The summed E-state index contributed by atoms with van der Waals surface area (Å²) in [4.78, 5) is 12.0. The molecule has 0 fully saturated rings. The highest BCUT2D eigenvalue weighted by Crippen LogP contribution is 2.50. The summed E-state index contributed by atoms with van der Waals surface area (Å²) in [5.74, 6) is -6.13. The molecule has 0 saturated heterocycles. The average Bonchev–Trinajstić information content (AvgIpc) is 2.50. The third kappa shape index (κ3) is 2.59. The molecule has 0 aromatic heterocycles. The zero-order valence-electron chi connectivity index (χ0n) is 10.7. The van der Waals surface area contributed by atoms with Crippen LogP contribution in [0, 0.1) is 0 Å². The first-order chi connectivity index (χ1) is 9.93.